The predicted molar refractivity (Wildman–Crippen MR) is 58.2 cm³/mol. The second-order valence-corrected chi connectivity index (χ2v) is 3.30. The smallest absolute Gasteiger partial charge is 0.287 e. The molecule has 0 N–H and O–H groups in total. The lowest BCUT2D eigenvalue weighted by Crippen LogP contribution is -2.34. The number of benzene rings is 1. The Balaban J connectivity index is 2.62. The van der Waals surface area contributed by atoms with Crippen molar-refractivity contribution in [3.05, 3.63) is 29.8 Å². The zero-order chi connectivity index (χ0) is 11.7. The average molecular weight is 218 g/mol. The number of amides is 2. The molecule has 1 aromatic rings. The van der Waals surface area contributed by atoms with Gasteiger partial charge in [-0.15, -0.1) is 0 Å². The molecular weight excluding hydrogens is 208 g/mol. The number of rotatable bonds is 1. The molecule has 0 bridgehead atoms. The summed E-state index contributed by atoms with van der Waals surface area (Å²) >= 11 is 0. The number of para-hydroxylation sites is 1. The molecule has 2 rings (SSSR count). The maximum absolute atomic E-state index is 11.9. The highest BCUT2D eigenvalue weighted by molar-refractivity contribution is 6.57. The number of anilines is 1. The molecule has 1 aromatic carbocycles. The SMILES string of the molecule is CO/N=C1\C(=O)N(C(C)=O)c2ccccc21. The zero-order valence-corrected chi connectivity index (χ0v) is 8.93. The van der Waals surface area contributed by atoms with Crippen LogP contribution < -0.4 is 4.90 Å². The molecule has 0 fully saturated rings. The number of carbonyl (C=O) groups excluding carboxylic acids is 2. The number of fused-ring (bicyclic) bond motifs is 1. The third-order valence-electron chi connectivity index (χ3n) is 2.30. The topological polar surface area (TPSA) is 59.0 Å². The van der Waals surface area contributed by atoms with Crippen LogP contribution >= 0.6 is 0 Å². The van der Waals surface area contributed by atoms with Gasteiger partial charge in [0.15, 0.2) is 5.71 Å². The van der Waals surface area contributed by atoms with Crippen LogP contribution in [0.1, 0.15) is 12.5 Å². The molecule has 0 unspecified atom stereocenters. The van der Waals surface area contributed by atoms with Crippen LogP contribution in [0.2, 0.25) is 0 Å². The monoisotopic (exact) mass is 218 g/mol. The van der Waals surface area contributed by atoms with E-state index < -0.39 is 5.91 Å². The summed E-state index contributed by atoms with van der Waals surface area (Å²) in [5.41, 5.74) is 1.33. The molecule has 1 heterocycles. The molecule has 5 heteroatoms. The van der Waals surface area contributed by atoms with Gasteiger partial charge in [0.05, 0.1) is 5.69 Å². The first kappa shape index (κ1) is 10.4. The van der Waals surface area contributed by atoms with Crippen molar-refractivity contribution >= 4 is 23.2 Å². The van der Waals surface area contributed by atoms with Crippen LogP contribution in [0, 0.1) is 0 Å². The fourth-order valence-electron chi connectivity index (χ4n) is 1.69. The third kappa shape index (κ3) is 1.37. The second-order valence-electron chi connectivity index (χ2n) is 3.30. The fraction of sp³-hybridized carbons (Fsp3) is 0.182. The Morgan fingerprint density at radius 3 is 2.69 bits per heavy atom. The first-order valence-electron chi connectivity index (χ1n) is 4.72. The minimum Gasteiger partial charge on any atom is -0.398 e. The minimum atomic E-state index is -0.449. The van der Waals surface area contributed by atoms with Crippen LogP contribution in [-0.2, 0) is 14.4 Å². The van der Waals surface area contributed by atoms with Gasteiger partial charge in [0.2, 0.25) is 5.91 Å². The van der Waals surface area contributed by atoms with Crippen molar-refractivity contribution in [1.82, 2.24) is 0 Å². The summed E-state index contributed by atoms with van der Waals surface area (Å²) in [6.45, 7) is 1.34. The Morgan fingerprint density at radius 2 is 2.06 bits per heavy atom. The van der Waals surface area contributed by atoms with Gasteiger partial charge in [-0.3, -0.25) is 9.59 Å². The fourth-order valence-corrected chi connectivity index (χ4v) is 1.69. The van der Waals surface area contributed by atoms with Crippen molar-refractivity contribution in [2.75, 3.05) is 12.0 Å². The van der Waals surface area contributed by atoms with E-state index in [1.165, 1.54) is 14.0 Å². The molecule has 1 aliphatic rings. The minimum absolute atomic E-state index is 0.160. The molecule has 0 radical (unpaired) electrons. The molecule has 0 saturated carbocycles. The van der Waals surface area contributed by atoms with Crippen LogP contribution in [0.5, 0.6) is 0 Å². The number of imide groups is 1. The molecule has 0 aliphatic carbocycles. The second kappa shape index (κ2) is 3.77. The Hall–Kier alpha value is -2.17. The van der Waals surface area contributed by atoms with Crippen molar-refractivity contribution in [1.29, 1.82) is 0 Å². The molecule has 2 amide bonds. The molecule has 0 saturated heterocycles. The number of hydrogen-bond acceptors (Lipinski definition) is 4. The third-order valence-corrected chi connectivity index (χ3v) is 2.30. The molecular formula is C11H10N2O3. The highest BCUT2D eigenvalue weighted by atomic mass is 16.6. The van der Waals surface area contributed by atoms with Crippen LogP contribution in [0.4, 0.5) is 5.69 Å². The quantitative estimate of drug-likeness (QED) is 0.659. The van der Waals surface area contributed by atoms with Crippen molar-refractivity contribution in [2.24, 2.45) is 5.16 Å². The first-order chi connectivity index (χ1) is 7.66. The van der Waals surface area contributed by atoms with Crippen LogP contribution in [-0.4, -0.2) is 24.6 Å². The summed E-state index contributed by atoms with van der Waals surface area (Å²) in [5.74, 6) is -0.783. The largest absolute Gasteiger partial charge is 0.398 e. The van der Waals surface area contributed by atoms with Gasteiger partial charge in [0.25, 0.3) is 5.91 Å². The number of oxime groups is 1. The van der Waals surface area contributed by atoms with E-state index in [0.29, 0.717) is 11.3 Å². The molecule has 5 nitrogen and oxygen atoms in total. The molecule has 82 valence electrons. The van der Waals surface area contributed by atoms with Gasteiger partial charge in [0.1, 0.15) is 7.11 Å². The van der Waals surface area contributed by atoms with Gasteiger partial charge in [-0.1, -0.05) is 23.4 Å². The van der Waals surface area contributed by atoms with Crippen molar-refractivity contribution in [3.63, 3.8) is 0 Å². The summed E-state index contributed by atoms with van der Waals surface area (Å²) in [7, 11) is 1.36. The normalized spacial score (nSPS) is 16.5. The zero-order valence-electron chi connectivity index (χ0n) is 8.93. The molecule has 0 atom stereocenters. The lowest BCUT2D eigenvalue weighted by Gasteiger charge is -2.10. The van der Waals surface area contributed by atoms with Crippen molar-refractivity contribution in [2.45, 2.75) is 6.92 Å². The van der Waals surface area contributed by atoms with Crippen molar-refractivity contribution in [3.8, 4) is 0 Å². The van der Waals surface area contributed by atoms with E-state index in [0.717, 1.165) is 4.90 Å². The van der Waals surface area contributed by atoms with E-state index in [2.05, 4.69) is 9.99 Å². The first-order valence-corrected chi connectivity index (χ1v) is 4.72. The van der Waals surface area contributed by atoms with Gasteiger partial charge in [-0.25, -0.2) is 4.90 Å². The van der Waals surface area contributed by atoms with E-state index in [9.17, 15) is 9.59 Å². The summed E-state index contributed by atoms with van der Waals surface area (Å²) in [4.78, 5) is 29.0. The van der Waals surface area contributed by atoms with Crippen LogP contribution in [0.15, 0.2) is 29.4 Å². The van der Waals surface area contributed by atoms with E-state index in [1.807, 2.05) is 0 Å². The van der Waals surface area contributed by atoms with E-state index in [-0.39, 0.29) is 11.6 Å². The lowest BCUT2D eigenvalue weighted by molar-refractivity contribution is -0.121. The maximum Gasteiger partial charge on any atom is 0.287 e. The molecule has 0 spiro atoms. The lowest BCUT2D eigenvalue weighted by atomic mass is 10.1. The standard InChI is InChI=1S/C11H10N2O3/c1-7(14)13-9-6-4-3-5-8(9)10(11(13)15)12-16-2/h3-6H,1-2H3/b12-10-. The summed E-state index contributed by atoms with van der Waals surface area (Å²) in [6.07, 6.45) is 0. The Kier molecular flexibility index (Phi) is 2.44. The van der Waals surface area contributed by atoms with Gasteiger partial charge < -0.3 is 4.84 Å². The molecule has 0 aromatic heterocycles. The molecule has 16 heavy (non-hydrogen) atoms. The van der Waals surface area contributed by atoms with Crippen LogP contribution in [0.25, 0.3) is 0 Å². The van der Waals surface area contributed by atoms with Gasteiger partial charge in [0, 0.05) is 12.5 Å². The number of hydrogen-bond donors (Lipinski definition) is 0. The highest BCUT2D eigenvalue weighted by Crippen LogP contribution is 2.29. The number of nitrogens with zero attached hydrogens (tertiary/aromatic N) is 2. The van der Waals surface area contributed by atoms with Gasteiger partial charge >= 0.3 is 0 Å². The maximum atomic E-state index is 11.9. The van der Waals surface area contributed by atoms with E-state index in [1.54, 1.807) is 24.3 Å². The van der Waals surface area contributed by atoms with Gasteiger partial charge in [-0.2, -0.15) is 0 Å². The van der Waals surface area contributed by atoms with Crippen molar-refractivity contribution < 1.29 is 14.4 Å². The number of carbonyl (C=O) groups is 2. The summed E-state index contributed by atoms with van der Waals surface area (Å²) in [6, 6.07) is 6.97. The predicted octanol–water partition coefficient (Wildman–Crippen LogP) is 0.930. The van der Waals surface area contributed by atoms with Crippen LogP contribution in [0.3, 0.4) is 0 Å². The summed E-state index contributed by atoms with van der Waals surface area (Å²) in [5, 5.41) is 3.65. The molecule has 1 aliphatic heterocycles. The van der Waals surface area contributed by atoms with Gasteiger partial charge in [-0.05, 0) is 6.07 Å². The summed E-state index contributed by atoms with van der Waals surface area (Å²) < 4.78 is 0. The Labute approximate surface area is 92.3 Å². The Morgan fingerprint density at radius 1 is 1.38 bits per heavy atom. The van der Waals surface area contributed by atoms with E-state index >= 15 is 0 Å². The van der Waals surface area contributed by atoms with E-state index in [4.69, 9.17) is 0 Å². The average Bonchev–Trinajstić information content (AvgIpc) is 2.53. The highest BCUT2D eigenvalue weighted by Gasteiger charge is 2.36. The Bertz CT molecular complexity index is 494.